The molecule has 0 aromatic heterocycles. The van der Waals surface area contributed by atoms with Gasteiger partial charge in [0.05, 0.1) is 25.4 Å². The Hall–Kier alpha value is -1.40. The van der Waals surface area contributed by atoms with Crippen LogP contribution in [-0.4, -0.2) is 47.4 Å². The van der Waals surface area contributed by atoms with Crippen molar-refractivity contribution in [3.05, 3.63) is 12.2 Å². The molecule has 512 valence electrons. The van der Waals surface area contributed by atoms with Crippen molar-refractivity contribution in [2.45, 2.75) is 475 Å². The minimum absolute atomic E-state index is 0.0199. The van der Waals surface area contributed by atoms with E-state index in [0.717, 1.165) is 38.5 Å². The summed E-state index contributed by atoms with van der Waals surface area (Å²) in [7, 11) is 0. The number of esters is 1. The van der Waals surface area contributed by atoms with Crippen molar-refractivity contribution in [3.63, 3.8) is 0 Å². The van der Waals surface area contributed by atoms with Gasteiger partial charge in [0.15, 0.2) is 0 Å². The van der Waals surface area contributed by atoms with E-state index in [-0.39, 0.29) is 18.5 Å². The lowest BCUT2D eigenvalue weighted by Crippen LogP contribution is -2.45. The summed E-state index contributed by atoms with van der Waals surface area (Å²) in [6.07, 6.45) is 95.9. The number of amides is 1. The normalized spacial score (nSPS) is 12.5. The van der Waals surface area contributed by atoms with Gasteiger partial charge >= 0.3 is 5.97 Å². The average molecular weight is 1210 g/mol. The van der Waals surface area contributed by atoms with Gasteiger partial charge in [0, 0.05) is 12.8 Å². The van der Waals surface area contributed by atoms with E-state index >= 15 is 0 Å². The summed E-state index contributed by atoms with van der Waals surface area (Å²) in [5.41, 5.74) is 0. The van der Waals surface area contributed by atoms with Crippen molar-refractivity contribution in [2.75, 3.05) is 13.2 Å². The number of ether oxygens (including phenoxy) is 1. The van der Waals surface area contributed by atoms with Crippen LogP contribution >= 0.6 is 0 Å². The molecule has 2 unspecified atom stereocenters. The smallest absolute Gasteiger partial charge is 0.305 e. The second-order valence-electron chi connectivity index (χ2n) is 27.8. The molecule has 0 saturated carbocycles. The third-order valence-corrected chi connectivity index (χ3v) is 19.1. The molecule has 0 aliphatic carbocycles. The molecule has 0 fully saturated rings. The molecule has 0 aromatic carbocycles. The van der Waals surface area contributed by atoms with E-state index in [0.29, 0.717) is 25.9 Å². The number of rotatable bonds is 76. The van der Waals surface area contributed by atoms with Crippen LogP contribution < -0.4 is 5.32 Å². The molecule has 0 radical (unpaired) electrons. The highest BCUT2D eigenvalue weighted by Crippen LogP contribution is 2.20. The summed E-state index contributed by atoms with van der Waals surface area (Å²) in [5.74, 6) is -0.00602. The largest absolute Gasteiger partial charge is 0.466 e. The first-order chi connectivity index (χ1) is 42.5. The maximum absolute atomic E-state index is 12.6. The van der Waals surface area contributed by atoms with Gasteiger partial charge in [0.1, 0.15) is 0 Å². The van der Waals surface area contributed by atoms with Crippen LogP contribution in [0, 0.1) is 0 Å². The van der Waals surface area contributed by atoms with Gasteiger partial charge in [0.25, 0.3) is 0 Å². The summed E-state index contributed by atoms with van der Waals surface area (Å²) in [6.45, 7) is 5.01. The molecule has 6 heteroatoms. The van der Waals surface area contributed by atoms with Crippen LogP contribution in [0.5, 0.6) is 0 Å². The van der Waals surface area contributed by atoms with Gasteiger partial charge in [0.2, 0.25) is 5.91 Å². The first kappa shape index (κ1) is 84.6. The fourth-order valence-corrected chi connectivity index (χ4v) is 13.0. The molecular weight excluding hydrogens is 1050 g/mol. The third-order valence-electron chi connectivity index (χ3n) is 19.1. The van der Waals surface area contributed by atoms with Crippen molar-refractivity contribution in [1.29, 1.82) is 0 Å². The van der Waals surface area contributed by atoms with Gasteiger partial charge in [-0.2, -0.15) is 0 Å². The van der Waals surface area contributed by atoms with Gasteiger partial charge in [-0.05, 0) is 51.4 Å². The maximum atomic E-state index is 12.6. The van der Waals surface area contributed by atoms with Gasteiger partial charge in [-0.3, -0.25) is 9.59 Å². The monoisotopic (exact) mass is 1210 g/mol. The molecule has 1 amide bonds. The first-order valence-electron chi connectivity index (χ1n) is 39.9. The highest BCUT2D eigenvalue weighted by Gasteiger charge is 2.20. The van der Waals surface area contributed by atoms with E-state index in [9.17, 15) is 19.8 Å². The van der Waals surface area contributed by atoms with Crippen LogP contribution in [0.2, 0.25) is 0 Å². The van der Waals surface area contributed by atoms with Crippen LogP contribution in [0.15, 0.2) is 12.2 Å². The molecule has 0 aliphatic rings. The number of nitrogens with one attached hydrogen (secondary N) is 1. The summed E-state index contributed by atoms with van der Waals surface area (Å²) in [6, 6.07) is -0.540. The van der Waals surface area contributed by atoms with E-state index in [1.54, 1.807) is 0 Å². The number of aliphatic hydroxyl groups is 2. The molecule has 0 heterocycles. The van der Waals surface area contributed by atoms with Crippen LogP contribution in [0.3, 0.4) is 0 Å². The highest BCUT2D eigenvalue weighted by molar-refractivity contribution is 5.76. The predicted octanol–water partition coefficient (Wildman–Crippen LogP) is 26.3. The van der Waals surface area contributed by atoms with Crippen LogP contribution in [0.25, 0.3) is 0 Å². The molecule has 0 spiro atoms. The number of aliphatic hydroxyl groups excluding tert-OH is 2. The zero-order chi connectivity index (χ0) is 62.0. The van der Waals surface area contributed by atoms with Crippen LogP contribution in [-0.2, 0) is 14.3 Å². The van der Waals surface area contributed by atoms with Crippen molar-refractivity contribution in [3.8, 4) is 0 Å². The fraction of sp³-hybridized carbons (Fsp3) is 0.950. The first-order valence-corrected chi connectivity index (χ1v) is 39.9. The van der Waals surface area contributed by atoms with Crippen molar-refractivity contribution >= 4 is 11.9 Å². The molecule has 0 rings (SSSR count). The summed E-state index contributed by atoms with van der Waals surface area (Å²) >= 11 is 0. The SMILES string of the molecule is CCCCCCCC/C=C\CCCCCCCCCCCC(=O)OCCCCCCCCCCCCCCCCCCCCCCCCCCCCCCC(=O)NC(CO)C(O)CCCCCCCCCCCCCCCCCCCCCCCC. The Balaban J connectivity index is 3.33. The summed E-state index contributed by atoms with van der Waals surface area (Å²) in [5, 5.41) is 23.5. The Bertz CT molecular complexity index is 1300. The minimum Gasteiger partial charge on any atom is -0.466 e. The Morgan fingerprint density at radius 3 is 0.826 bits per heavy atom. The molecule has 3 N–H and O–H groups in total. The van der Waals surface area contributed by atoms with Crippen molar-refractivity contribution in [1.82, 2.24) is 5.32 Å². The fourth-order valence-electron chi connectivity index (χ4n) is 13.0. The lowest BCUT2D eigenvalue weighted by atomic mass is 10.0. The predicted molar refractivity (Wildman–Crippen MR) is 380 cm³/mol. The molecule has 2 atom stereocenters. The average Bonchev–Trinajstić information content (AvgIpc) is 3.53. The Morgan fingerprint density at radius 1 is 0.314 bits per heavy atom. The van der Waals surface area contributed by atoms with Crippen LogP contribution in [0.4, 0.5) is 0 Å². The van der Waals surface area contributed by atoms with E-state index in [2.05, 4.69) is 31.3 Å². The topological polar surface area (TPSA) is 95.9 Å². The second-order valence-corrected chi connectivity index (χ2v) is 27.8. The van der Waals surface area contributed by atoms with E-state index in [1.165, 1.54) is 392 Å². The quantitative estimate of drug-likeness (QED) is 0.0320. The van der Waals surface area contributed by atoms with Gasteiger partial charge in [-0.15, -0.1) is 0 Å². The number of hydrogen-bond donors (Lipinski definition) is 3. The zero-order valence-corrected chi connectivity index (χ0v) is 58.8. The van der Waals surface area contributed by atoms with Gasteiger partial charge < -0.3 is 20.3 Å². The Kier molecular flexibility index (Phi) is 74.8. The lowest BCUT2D eigenvalue weighted by Gasteiger charge is -2.22. The van der Waals surface area contributed by atoms with Crippen molar-refractivity contribution < 1.29 is 24.5 Å². The van der Waals surface area contributed by atoms with Crippen LogP contribution in [0.1, 0.15) is 463 Å². The molecule has 0 bridgehead atoms. The minimum atomic E-state index is -0.663. The summed E-state index contributed by atoms with van der Waals surface area (Å²) < 4.78 is 5.52. The molecular formula is C80H157NO5. The molecule has 6 nitrogen and oxygen atoms in total. The number of carbonyl (C=O) groups excluding carboxylic acids is 2. The number of carbonyl (C=O) groups is 2. The standard InChI is InChI=1S/C80H157NO5/c1-3-5-7-9-11-13-15-17-19-21-23-24-33-37-40-44-48-52-56-60-64-68-72-78(83)77(76-82)81-79(84)73-69-65-61-57-53-49-45-41-38-34-31-29-27-25-26-28-30-32-35-39-43-47-51-55-59-63-67-71-75-86-80(85)74-70-66-62-58-54-50-46-42-36-22-20-18-16-14-12-10-8-6-4-2/h18,20,77-78,82-83H,3-17,19,21-76H2,1-2H3,(H,81,84)/b20-18-. The maximum Gasteiger partial charge on any atom is 0.305 e. The Morgan fingerprint density at radius 2 is 0.547 bits per heavy atom. The van der Waals surface area contributed by atoms with Crippen molar-refractivity contribution in [2.24, 2.45) is 0 Å². The molecule has 86 heavy (non-hydrogen) atoms. The number of hydrogen-bond acceptors (Lipinski definition) is 5. The third kappa shape index (κ3) is 71.7. The molecule has 0 aliphatic heterocycles. The van der Waals surface area contributed by atoms with Gasteiger partial charge in [-0.1, -0.05) is 411 Å². The van der Waals surface area contributed by atoms with E-state index < -0.39 is 12.1 Å². The number of allylic oxidation sites excluding steroid dienone is 2. The summed E-state index contributed by atoms with van der Waals surface area (Å²) in [4.78, 5) is 24.7. The molecule has 0 saturated heterocycles. The van der Waals surface area contributed by atoms with E-state index in [1.807, 2.05) is 0 Å². The van der Waals surface area contributed by atoms with Gasteiger partial charge in [-0.25, -0.2) is 0 Å². The lowest BCUT2D eigenvalue weighted by molar-refractivity contribution is -0.143. The second kappa shape index (κ2) is 76.1. The Labute approximate surface area is 539 Å². The zero-order valence-electron chi connectivity index (χ0n) is 58.8. The van der Waals surface area contributed by atoms with E-state index in [4.69, 9.17) is 4.74 Å². The number of unbranched alkanes of at least 4 members (excludes halogenated alkanes) is 63. The molecule has 0 aromatic rings. The highest BCUT2D eigenvalue weighted by atomic mass is 16.5.